The van der Waals surface area contributed by atoms with E-state index in [1.165, 1.54) is 16.7 Å². The van der Waals surface area contributed by atoms with Gasteiger partial charge in [-0.25, -0.2) is 0 Å². The third-order valence-electron chi connectivity index (χ3n) is 2.95. The van der Waals surface area contributed by atoms with E-state index in [9.17, 15) is 5.11 Å². The molecular formula is C15H13N3O2S. The summed E-state index contributed by atoms with van der Waals surface area (Å²) in [4.78, 5) is 9.31. The molecule has 0 aliphatic carbocycles. The summed E-state index contributed by atoms with van der Waals surface area (Å²) in [6.45, 7) is 2.07. The fourth-order valence-electron chi connectivity index (χ4n) is 1.85. The molecule has 2 aromatic heterocycles. The average Bonchev–Trinajstić information content (AvgIpc) is 2.96. The molecule has 0 unspecified atom stereocenters. The minimum Gasteiger partial charge on any atom is -0.505 e. The number of pyridine rings is 1. The maximum Gasteiger partial charge on any atom is 0.261 e. The van der Waals surface area contributed by atoms with Gasteiger partial charge in [0, 0.05) is 11.1 Å². The zero-order valence-electron chi connectivity index (χ0n) is 11.4. The van der Waals surface area contributed by atoms with Crippen molar-refractivity contribution in [3.05, 3.63) is 54.1 Å². The number of aryl methyl sites for hydroxylation is 1. The molecule has 21 heavy (non-hydrogen) atoms. The van der Waals surface area contributed by atoms with E-state index < -0.39 is 0 Å². The van der Waals surface area contributed by atoms with E-state index in [4.69, 9.17) is 4.52 Å². The van der Waals surface area contributed by atoms with Crippen molar-refractivity contribution in [2.75, 3.05) is 0 Å². The van der Waals surface area contributed by atoms with Gasteiger partial charge in [0.25, 0.3) is 5.89 Å². The molecule has 6 heteroatoms. The van der Waals surface area contributed by atoms with Crippen molar-refractivity contribution in [3.63, 3.8) is 0 Å². The van der Waals surface area contributed by atoms with E-state index >= 15 is 0 Å². The predicted octanol–water partition coefficient (Wildman–Crippen LogP) is 3.44. The first kappa shape index (κ1) is 13.6. The Morgan fingerprint density at radius 3 is 2.90 bits per heavy atom. The van der Waals surface area contributed by atoms with Crippen LogP contribution in [-0.2, 0) is 5.75 Å². The van der Waals surface area contributed by atoms with Crippen molar-refractivity contribution in [3.8, 4) is 17.2 Å². The smallest absolute Gasteiger partial charge is 0.261 e. The molecule has 0 saturated carbocycles. The van der Waals surface area contributed by atoms with Crippen molar-refractivity contribution in [1.29, 1.82) is 0 Å². The molecule has 0 radical (unpaired) electrons. The van der Waals surface area contributed by atoms with E-state index in [-0.39, 0.29) is 5.75 Å². The highest BCUT2D eigenvalue weighted by Crippen LogP contribution is 2.28. The molecule has 3 rings (SSSR count). The van der Waals surface area contributed by atoms with Crippen LogP contribution in [0.5, 0.6) is 5.75 Å². The molecule has 0 spiro atoms. The molecule has 1 aromatic carbocycles. The molecule has 0 aliphatic heterocycles. The number of benzene rings is 1. The summed E-state index contributed by atoms with van der Waals surface area (Å²) in [5, 5.41) is 13.7. The zero-order valence-corrected chi connectivity index (χ0v) is 12.2. The zero-order chi connectivity index (χ0) is 14.7. The van der Waals surface area contributed by atoms with E-state index in [0.29, 0.717) is 23.0 Å². The van der Waals surface area contributed by atoms with Gasteiger partial charge in [-0.15, -0.1) is 11.8 Å². The minimum atomic E-state index is 0.0271. The first-order chi connectivity index (χ1) is 10.2. The molecule has 3 aromatic rings. The SMILES string of the molecule is Cc1ccccc1SCc1noc(-c2ccncc2O)n1. The lowest BCUT2D eigenvalue weighted by molar-refractivity contribution is 0.419. The summed E-state index contributed by atoms with van der Waals surface area (Å²) in [5.41, 5.74) is 1.71. The van der Waals surface area contributed by atoms with Crippen LogP contribution in [0.1, 0.15) is 11.4 Å². The van der Waals surface area contributed by atoms with Crippen LogP contribution >= 0.6 is 11.8 Å². The summed E-state index contributed by atoms with van der Waals surface area (Å²) in [5.74, 6) is 1.53. The largest absolute Gasteiger partial charge is 0.505 e. The second-order valence-corrected chi connectivity index (χ2v) is 5.48. The monoisotopic (exact) mass is 299 g/mol. The third kappa shape index (κ3) is 3.05. The van der Waals surface area contributed by atoms with Crippen LogP contribution in [0.25, 0.3) is 11.5 Å². The fraction of sp³-hybridized carbons (Fsp3) is 0.133. The Labute approximate surface area is 126 Å². The third-order valence-corrected chi connectivity index (χ3v) is 4.12. The van der Waals surface area contributed by atoms with Crippen LogP contribution in [0.15, 0.2) is 52.1 Å². The summed E-state index contributed by atoms with van der Waals surface area (Å²) in [6.07, 6.45) is 2.92. The van der Waals surface area contributed by atoms with Crippen LogP contribution in [-0.4, -0.2) is 20.2 Å². The van der Waals surface area contributed by atoms with Crippen LogP contribution in [0, 0.1) is 6.92 Å². The van der Waals surface area contributed by atoms with Gasteiger partial charge < -0.3 is 9.63 Å². The summed E-state index contributed by atoms with van der Waals surface area (Å²) >= 11 is 1.65. The van der Waals surface area contributed by atoms with Crippen molar-refractivity contribution in [1.82, 2.24) is 15.1 Å². The predicted molar refractivity (Wildman–Crippen MR) is 79.9 cm³/mol. The van der Waals surface area contributed by atoms with Gasteiger partial charge >= 0.3 is 0 Å². The van der Waals surface area contributed by atoms with E-state index in [1.807, 2.05) is 12.1 Å². The number of rotatable bonds is 4. The summed E-state index contributed by atoms with van der Waals surface area (Å²) in [6, 6.07) is 9.79. The van der Waals surface area contributed by atoms with Gasteiger partial charge in [-0.2, -0.15) is 4.98 Å². The Hall–Kier alpha value is -2.34. The molecule has 0 amide bonds. The molecule has 106 valence electrons. The fourth-order valence-corrected chi connectivity index (χ4v) is 2.72. The van der Waals surface area contributed by atoms with Gasteiger partial charge in [-0.05, 0) is 24.6 Å². The highest BCUT2D eigenvalue weighted by molar-refractivity contribution is 7.98. The van der Waals surface area contributed by atoms with Gasteiger partial charge in [0.15, 0.2) is 5.82 Å². The van der Waals surface area contributed by atoms with Crippen molar-refractivity contribution in [2.24, 2.45) is 0 Å². The molecule has 0 aliphatic rings. The van der Waals surface area contributed by atoms with Gasteiger partial charge in [-0.3, -0.25) is 4.98 Å². The van der Waals surface area contributed by atoms with Crippen LogP contribution in [0.3, 0.4) is 0 Å². The molecule has 0 saturated heterocycles. The van der Waals surface area contributed by atoms with Gasteiger partial charge in [0.2, 0.25) is 0 Å². The molecule has 0 atom stereocenters. The summed E-state index contributed by atoms with van der Waals surface area (Å²) in [7, 11) is 0. The van der Waals surface area contributed by atoms with Crippen LogP contribution in [0.2, 0.25) is 0 Å². The molecule has 1 N–H and O–H groups in total. The van der Waals surface area contributed by atoms with E-state index in [1.54, 1.807) is 24.0 Å². The van der Waals surface area contributed by atoms with Gasteiger partial charge in [0.05, 0.1) is 17.5 Å². The van der Waals surface area contributed by atoms with Crippen molar-refractivity contribution in [2.45, 2.75) is 17.6 Å². The lowest BCUT2D eigenvalue weighted by Gasteiger charge is -2.01. The Morgan fingerprint density at radius 2 is 2.10 bits per heavy atom. The van der Waals surface area contributed by atoms with Gasteiger partial charge in [0.1, 0.15) is 5.75 Å². The maximum atomic E-state index is 9.72. The molecule has 5 nitrogen and oxygen atoms in total. The average molecular weight is 299 g/mol. The topological polar surface area (TPSA) is 72.0 Å². The van der Waals surface area contributed by atoms with Crippen LogP contribution < -0.4 is 0 Å². The molecule has 0 bridgehead atoms. The Bertz CT molecular complexity index is 758. The normalized spacial score (nSPS) is 10.7. The first-order valence-corrected chi connectivity index (χ1v) is 7.37. The Kier molecular flexibility index (Phi) is 3.87. The minimum absolute atomic E-state index is 0.0271. The maximum absolute atomic E-state index is 9.72. The highest BCUT2D eigenvalue weighted by atomic mass is 32.2. The van der Waals surface area contributed by atoms with E-state index in [2.05, 4.69) is 34.2 Å². The second kappa shape index (κ2) is 5.97. The summed E-state index contributed by atoms with van der Waals surface area (Å²) < 4.78 is 5.19. The van der Waals surface area contributed by atoms with Crippen molar-refractivity contribution < 1.29 is 9.63 Å². The first-order valence-electron chi connectivity index (χ1n) is 6.38. The van der Waals surface area contributed by atoms with E-state index in [0.717, 1.165) is 0 Å². The highest BCUT2D eigenvalue weighted by Gasteiger charge is 2.13. The number of thioether (sulfide) groups is 1. The number of aromatic nitrogens is 3. The number of hydrogen-bond acceptors (Lipinski definition) is 6. The Balaban J connectivity index is 1.74. The quantitative estimate of drug-likeness (QED) is 0.744. The van der Waals surface area contributed by atoms with Crippen molar-refractivity contribution >= 4 is 11.8 Å². The van der Waals surface area contributed by atoms with Crippen LogP contribution in [0.4, 0.5) is 0 Å². The number of hydrogen-bond donors (Lipinski definition) is 1. The lowest BCUT2D eigenvalue weighted by atomic mass is 10.2. The standard InChI is InChI=1S/C15H13N3O2S/c1-10-4-2-3-5-13(10)21-9-14-17-15(20-18-14)11-6-7-16-8-12(11)19/h2-8,19H,9H2,1H3. The number of aromatic hydroxyl groups is 1. The number of nitrogens with zero attached hydrogens (tertiary/aromatic N) is 3. The second-order valence-electron chi connectivity index (χ2n) is 4.46. The van der Waals surface area contributed by atoms with Gasteiger partial charge in [-0.1, -0.05) is 23.4 Å². The molecule has 0 fully saturated rings. The molecule has 2 heterocycles. The molecular weight excluding hydrogens is 286 g/mol. The Morgan fingerprint density at radius 1 is 1.24 bits per heavy atom. The lowest BCUT2D eigenvalue weighted by Crippen LogP contribution is -1.86.